The van der Waals surface area contributed by atoms with Crippen LogP contribution in [0.25, 0.3) is 0 Å². The molecular formula is C14H19NO. The van der Waals surface area contributed by atoms with Crippen molar-refractivity contribution in [3.05, 3.63) is 29.8 Å². The van der Waals surface area contributed by atoms with Gasteiger partial charge in [-0.2, -0.15) is 0 Å². The second-order valence-electron chi connectivity index (χ2n) is 5.08. The Kier molecular flexibility index (Phi) is 2.60. The van der Waals surface area contributed by atoms with Gasteiger partial charge < -0.3 is 10.0 Å². The maximum absolute atomic E-state index is 9.87. The van der Waals surface area contributed by atoms with Gasteiger partial charge in [0.05, 0.1) is 6.10 Å². The summed E-state index contributed by atoms with van der Waals surface area (Å²) >= 11 is 0. The highest BCUT2D eigenvalue weighted by Gasteiger charge is 2.29. The second kappa shape index (κ2) is 4.10. The van der Waals surface area contributed by atoms with Crippen LogP contribution < -0.4 is 4.90 Å². The lowest BCUT2D eigenvalue weighted by Gasteiger charge is -2.25. The molecule has 0 bridgehead atoms. The normalized spacial score (nSPS) is 28.4. The van der Waals surface area contributed by atoms with Gasteiger partial charge in [0.25, 0.3) is 0 Å². The number of aliphatic hydroxyl groups is 1. The van der Waals surface area contributed by atoms with E-state index in [4.69, 9.17) is 0 Å². The van der Waals surface area contributed by atoms with Crippen LogP contribution >= 0.6 is 0 Å². The first-order chi connectivity index (χ1) is 7.84. The molecule has 0 saturated heterocycles. The topological polar surface area (TPSA) is 23.5 Å². The van der Waals surface area contributed by atoms with Gasteiger partial charge in [0, 0.05) is 24.7 Å². The molecule has 1 heterocycles. The van der Waals surface area contributed by atoms with E-state index in [2.05, 4.69) is 29.2 Å². The molecule has 1 saturated carbocycles. The SMILES string of the molecule is OC1CCCC1CN1CCc2ccccc21. The number of fused-ring (bicyclic) bond motifs is 1. The zero-order valence-electron chi connectivity index (χ0n) is 9.60. The predicted octanol–water partition coefficient (Wildman–Crippen LogP) is 2.21. The molecule has 1 fully saturated rings. The number of nitrogens with zero attached hydrogens (tertiary/aromatic N) is 1. The first kappa shape index (κ1) is 10.2. The molecule has 1 aromatic carbocycles. The minimum absolute atomic E-state index is 0.0623. The number of anilines is 1. The van der Waals surface area contributed by atoms with E-state index in [0.29, 0.717) is 5.92 Å². The van der Waals surface area contributed by atoms with Gasteiger partial charge in [-0.25, -0.2) is 0 Å². The highest BCUT2D eigenvalue weighted by molar-refractivity contribution is 5.57. The lowest BCUT2D eigenvalue weighted by molar-refractivity contribution is 0.135. The Hall–Kier alpha value is -1.02. The quantitative estimate of drug-likeness (QED) is 0.821. The highest BCUT2D eigenvalue weighted by atomic mass is 16.3. The fraction of sp³-hybridized carbons (Fsp3) is 0.571. The van der Waals surface area contributed by atoms with Gasteiger partial charge in [-0.3, -0.25) is 0 Å². The summed E-state index contributed by atoms with van der Waals surface area (Å²) in [6, 6.07) is 8.67. The number of hydrogen-bond acceptors (Lipinski definition) is 2. The average molecular weight is 217 g/mol. The predicted molar refractivity (Wildman–Crippen MR) is 65.7 cm³/mol. The van der Waals surface area contributed by atoms with E-state index in [9.17, 15) is 5.11 Å². The van der Waals surface area contributed by atoms with E-state index in [1.165, 1.54) is 30.5 Å². The van der Waals surface area contributed by atoms with Gasteiger partial charge in [-0.1, -0.05) is 24.6 Å². The Labute approximate surface area is 96.9 Å². The van der Waals surface area contributed by atoms with Crippen LogP contribution in [0.1, 0.15) is 24.8 Å². The van der Waals surface area contributed by atoms with Gasteiger partial charge in [0.15, 0.2) is 0 Å². The Balaban J connectivity index is 1.73. The van der Waals surface area contributed by atoms with Crippen molar-refractivity contribution in [2.75, 3.05) is 18.0 Å². The van der Waals surface area contributed by atoms with Gasteiger partial charge in [-0.05, 0) is 30.9 Å². The number of benzene rings is 1. The van der Waals surface area contributed by atoms with E-state index in [0.717, 1.165) is 19.5 Å². The minimum atomic E-state index is -0.0623. The number of para-hydroxylation sites is 1. The Morgan fingerprint density at radius 1 is 1.25 bits per heavy atom. The Bertz CT molecular complexity index is 377. The highest BCUT2D eigenvalue weighted by Crippen LogP contribution is 2.32. The third kappa shape index (κ3) is 1.71. The summed E-state index contributed by atoms with van der Waals surface area (Å²) in [4.78, 5) is 2.45. The van der Waals surface area contributed by atoms with Gasteiger partial charge >= 0.3 is 0 Å². The molecule has 0 spiro atoms. The molecule has 2 nitrogen and oxygen atoms in total. The number of aliphatic hydroxyl groups excluding tert-OH is 1. The summed E-state index contributed by atoms with van der Waals surface area (Å²) in [5.41, 5.74) is 2.86. The molecule has 1 aromatic rings. The first-order valence-electron chi connectivity index (χ1n) is 6.35. The standard InChI is InChI=1S/C14H19NO/c16-14-7-3-5-12(14)10-15-9-8-11-4-1-2-6-13(11)15/h1-2,4,6,12,14,16H,3,5,7-10H2. The van der Waals surface area contributed by atoms with Crippen LogP contribution in [0.4, 0.5) is 5.69 Å². The Morgan fingerprint density at radius 3 is 2.94 bits per heavy atom. The zero-order valence-corrected chi connectivity index (χ0v) is 9.60. The lowest BCUT2D eigenvalue weighted by atomic mass is 10.1. The number of hydrogen-bond donors (Lipinski definition) is 1. The van der Waals surface area contributed by atoms with E-state index in [1.807, 2.05) is 0 Å². The largest absolute Gasteiger partial charge is 0.393 e. The summed E-state index contributed by atoms with van der Waals surface area (Å²) in [6.45, 7) is 2.17. The van der Waals surface area contributed by atoms with Gasteiger partial charge in [0.2, 0.25) is 0 Å². The van der Waals surface area contributed by atoms with Crippen molar-refractivity contribution in [2.45, 2.75) is 31.8 Å². The molecule has 0 amide bonds. The monoisotopic (exact) mass is 217 g/mol. The van der Waals surface area contributed by atoms with Crippen LogP contribution in [0, 0.1) is 5.92 Å². The van der Waals surface area contributed by atoms with Crippen molar-refractivity contribution in [1.82, 2.24) is 0 Å². The van der Waals surface area contributed by atoms with Crippen molar-refractivity contribution in [2.24, 2.45) is 5.92 Å². The van der Waals surface area contributed by atoms with E-state index < -0.39 is 0 Å². The molecule has 86 valence electrons. The molecule has 1 N–H and O–H groups in total. The second-order valence-corrected chi connectivity index (χ2v) is 5.08. The van der Waals surface area contributed by atoms with Crippen molar-refractivity contribution in [3.63, 3.8) is 0 Å². The summed E-state index contributed by atoms with van der Waals surface area (Å²) < 4.78 is 0. The average Bonchev–Trinajstić information content (AvgIpc) is 2.88. The molecule has 0 aromatic heterocycles. The zero-order chi connectivity index (χ0) is 11.0. The fourth-order valence-electron chi connectivity index (χ4n) is 3.11. The molecule has 1 aliphatic carbocycles. The molecule has 2 unspecified atom stereocenters. The summed E-state index contributed by atoms with van der Waals surface area (Å²) in [7, 11) is 0. The summed E-state index contributed by atoms with van der Waals surface area (Å²) in [5.74, 6) is 0.492. The van der Waals surface area contributed by atoms with E-state index >= 15 is 0 Å². The third-order valence-electron chi connectivity index (χ3n) is 4.06. The van der Waals surface area contributed by atoms with Crippen LogP contribution in [-0.4, -0.2) is 24.3 Å². The Morgan fingerprint density at radius 2 is 2.12 bits per heavy atom. The van der Waals surface area contributed by atoms with E-state index in [-0.39, 0.29) is 6.10 Å². The van der Waals surface area contributed by atoms with Gasteiger partial charge in [0.1, 0.15) is 0 Å². The maximum atomic E-state index is 9.87. The number of rotatable bonds is 2. The summed E-state index contributed by atoms with van der Waals surface area (Å²) in [6.07, 6.45) is 4.49. The first-order valence-corrected chi connectivity index (χ1v) is 6.35. The lowest BCUT2D eigenvalue weighted by Crippen LogP contribution is -2.31. The maximum Gasteiger partial charge on any atom is 0.0585 e. The summed E-state index contributed by atoms with van der Waals surface area (Å²) in [5, 5.41) is 9.87. The molecule has 2 aliphatic rings. The van der Waals surface area contributed by atoms with E-state index in [1.54, 1.807) is 0 Å². The van der Waals surface area contributed by atoms with Gasteiger partial charge in [-0.15, -0.1) is 0 Å². The minimum Gasteiger partial charge on any atom is -0.393 e. The van der Waals surface area contributed by atoms with Crippen LogP contribution in [0.2, 0.25) is 0 Å². The molecule has 1 aliphatic heterocycles. The molecule has 2 heteroatoms. The third-order valence-corrected chi connectivity index (χ3v) is 4.06. The van der Waals surface area contributed by atoms with Crippen LogP contribution in [0.3, 0.4) is 0 Å². The van der Waals surface area contributed by atoms with Crippen molar-refractivity contribution >= 4 is 5.69 Å². The molecule has 16 heavy (non-hydrogen) atoms. The molecular weight excluding hydrogens is 198 g/mol. The van der Waals surface area contributed by atoms with Crippen LogP contribution in [-0.2, 0) is 6.42 Å². The van der Waals surface area contributed by atoms with Crippen LogP contribution in [0.15, 0.2) is 24.3 Å². The van der Waals surface area contributed by atoms with Crippen molar-refractivity contribution < 1.29 is 5.11 Å². The van der Waals surface area contributed by atoms with Crippen LogP contribution in [0.5, 0.6) is 0 Å². The molecule has 2 atom stereocenters. The molecule has 3 rings (SSSR count). The fourth-order valence-corrected chi connectivity index (χ4v) is 3.11. The smallest absolute Gasteiger partial charge is 0.0585 e. The van der Waals surface area contributed by atoms with Crippen molar-refractivity contribution in [3.8, 4) is 0 Å². The van der Waals surface area contributed by atoms with Crippen molar-refractivity contribution in [1.29, 1.82) is 0 Å². The molecule has 0 radical (unpaired) electrons.